The predicted molar refractivity (Wildman–Crippen MR) is 322 cm³/mol. The third-order valence-corrected chi connectivity index (χ3v) is 16.6. The van der Waals surface area contributed by atoms with Gasteiger partial charge in [-0.25, -0.2) is 0 Å². The van der Waals surface area contributed by atoms with Crippen molar-refractivity contribution in [3.63, 3.8) is 0 Å². The van der Waals surface area contributed by atoms with Gasteiger partial charge in [-0.15, -0.1) is 0 Å². The standard InChI is InChI=1S/C69H53N7/c1-70-60(44-22-26-46(27-23-44)75(48-30-34-56-52-14-6-10-18-62(52)71(2)66(56)40-48)49-31-35-57-53-15-7-11-19-63(53)72(3)67(57)41-49)38-39-61(70)45-24-28-47(29-25-45)76(50-32-36-58-54-16-8-12-20-64(54)73(4)68(58)42-50)51-33-37-59-55-17-9-13-21-65(55)74(5)69(59)43-51/h6-43H,1-5H3. The highest BCUT2D eigenvalue weighted by atomic mass is 15.2. The summed E-state index contributed by atoms with van der Waals surface area (Å²) >= 11 is 0. The number of anilines is 6. The van der Waals surface area contributed by atoms with Crippen LogP contribution >= 0.6 is 0 Å². The highest BCUT2D eigenvalue weighted by Gasteiger charge is 2.21. The lowest BCUT2D eigenvalue weighted by Crippen LogP contribution is -2.10. The smallest absolute Gasteiger partial charge is 0.0509 e. The summed E-state index contributed by atoms with van der Waals surface area (Å²) < 4.78 is 11.6. The molecule has 7 heteroatoms. The van der Waals surface area contributed by atoms with Crippen molar-refractivity contribution in [1.29, 1.82) is 0 Å². The molecule has 10 aromatic carbocycles. The predicted octanol–water partition coefficient (Wildman–Crippen LogP) is 17.9. The molecule has 0 saturated carbocycles. The molecule has 0 radical (unpaired) electrons. The fraction of sp³-hybridized carbons (Fsp3) is 0.0725. The second-order valence-electron chi connectivity index (χ2n) is 20.5. The summed E-state index contributed by atoms with van der Waals surface area (Å²) in [4.78, 5) is 4.80. The maximum Gasteiger partial charge on any atom is 0.0509 e. The van der Waals surface area contributed by atoms with Crippen LogP contribution in [0.4, 0.5) is 34.1 Å². The monoisotopic (exact) mass is 979 g/mol. The fourth-order valence-electron chi connectivity index (χ4n) is 12.7. The van der Waals surface area contributed by atoms with E-state index in [1.165, 1.54) is 87.2 Å². The Balaban J connectivity index is 0.795. The molecular weight excluding hydrogens is 927 g/mol. The van der Waals surface area contributed by atoms with Crippen LogP contribution in [0.2, 0.25) is 0 Å². The molecule has 0 aliphatic heterocycles. The molecule has 0 atom stereocenters. The molecule has 364 valence electrons. The van der Waals surface area contributed by atoms with Crippen LogP contribution in [-0.2, 0) is 35.2 Å². The first-order valence-electron chi connectivity index (χ1n) is 26.1. The van der Waals surface area contributed by atoms with E-state index in [4.69, 9.17) is 0 Å². The van der Waals surface area contributed by atoms with E-state index in [9.17, 15) is 0 Å². The van der Waals surface area contributed by atoms with Crippen LogP contribution in [0.15, 0.2) is 231 Å². The molecule has 15 aromatic rings. The lowest BCUT2D eigenvalue weighted by atomic mass is 10.1. The van der Waals surface area contributed by atoms with E-state index < -0.39 is 0 Å². The molecule has 0 aliphatic rings. The third-order valence-electron chi connectivity index (χ3n) is 16.6. The van der Waals surface area contributed by atoms with Crippen LogP contribution in [0.1, 0.15) is 0 Å². The van der Waals surface area contributed by atoms with Gasteiger partial charge in [0.25, 0.3) is 0 Å². The van der Waals surface area contributed by atoms with Crippen LogP contribution in [0.25, 0.3) is 110 Å². The Labute approximate surface area is 440 Å². The van der Waals surface area contributed by atoms with Crippen LogP contribution in [0, 0.1) is 0 Å². The zero-order chi connectivity index (χ0) is 50.9. The molecule has 7 nitrogen and oxygen atoms in total. The Morgan fingerprint density at radius 1 is 0.211 bits per heavy atom. The van der Waals surface area contributed by atoms with Gasteiger partial charge in [0.05, 0.1) is 22.1 Å². The van der Waals surface area contributed by atoms with E-state index in [-0.39, 0.29) is 0 Å². The lowest BCUT2D eigenvalue weighted by molar-refractivity contribution is 0.946. The van der Waals surface area contributed by atoms with E-state index in [2.05, 4.69) is 298 Å². The normalized spacial score (nSPS) is 12.0. The number of benzene rings is 10. The minimum Gasteiger partial charge on any atom is -0.344 e. The molecule has 5 heterocycles. The maximum absolute atomic E-state index is 2.40. The maximum atomic E-state index is 2.40. The third kappa shape index (κ3) is 6.48. The van der Waals surface area contributed by atoms with Gasteiger partial charge >= 0.3 is 0 Å². The van der Waals surface area contributed by atoms with Gasteiger partial charge in [-0.2, -0.15) is 0 Å². The Morgan fingerprint density at radius 3 is 0.724 bits per heavy atom. The van der Waals surface area contributed by atoms with Gasteiger partial charge in [0, 0.05) is 146 Å². The zero-order valence-corrected chi connectivity index (χ0v) is 43.1. The average Bonchev–Trinajstić information content (AvgIpc) is 4.28. The second-order valence-corrected chi connectivity index (χ2v) is 20.5. The molecule has 0 amide bonds. The Morgan fingerprint density at radius 2 is 0.447 bits per heavy atom. The molecule has 0 N–H and O–H groups in total. The van der Waals surface area contributed by atoms with E-state index in [0.717, 1.165) is 56.6 Å². The fourth-order valence-corrected chi connectivity index (χ4v) is 12.7. The van der Waals surface area contributed by atoms with Crippen molar-refractivity contribution in [2.24, 2.45) is 35.2 Å². The molecule has 0 unspecified atom stereocenters. The quantitative estimate of drug-likeness (QED) is 0.152. The summed E-state index contributed by atoms with van der Waals surface area (Å²) in [5.74, 6) is 0. The van der Waals surface area contributed by atoms with Crippen molar-refractivity contribution in [3.05, 3.63) is 231 Å². The van der Waals surface area contributed by atoms with Crippen molar-refractivity contribution in [2.45, 2.75) is 0 Å². The lowest BCUT2D eigenvalue weighted by Gasteiger charge is -2.26. The number of rotatable bonds is 8. The van der Waals surface area contributed by atoms with Gasteiger partial charge in [-0.05, 0) is 120 Å². The van der Waals surface area contributed by atoms with Gasteiger partial charge in [0.15, 0.2) is 0 Å². The van der Waals surface area contributed by atoms with Gasteiger partial charge < -0.3 is 32.6 Å². The summed E-state index contributed by atoms with van der Waals surface area (Å²) in [7, 11) is 10.9. The second kappa shape index (κ2) is 16.6. The van der Waals surface area contributed by atoms with Crippen molar-refractivity contribution in [1.82, 2.24) is 22.8 Å². The minimum absolute atomic E-state index is 1.09. The first-order chi connectivity index (χ1) is 37.3. The zero-order valence-electron chi connectivity index (χ0n) is 43.1. The molecule has 0 saturated heterocycles. The molecule has 5 aromatic heterocycles. The molecule has 0 bridgehead atoms. The number of hydrogen-bond acceptors (Lipinski definition) is 2. The molecule has 0 aliphatic carbocycles. The number of para-hydroxylation sites is 4. The van der Waals surface area contributed by atoms with Gasteiger partial charge in [-0.1, -0.05) is 121 Å². The number of fused-ring (bicyclic) bond motifs is 12. The summed E-state index contributed by atoms with van der Waals surface area (Å²) in [6, 6.07) is 85.0. The Bertz CT molecular complexity index is 4280. The van der Waals surface area contributed by atoms with E-state index >= 15 is 0 Å². The van der Waals surface area contributed by atoms with E-state index in [1.807, 2.05) is 0 Å². The van der Waals surface area contributed by atoms with Crippen LogP contribution in [0.5, 0.6) is 0 Å². The Kier molecular flexibility index (Phi) is 9.60. The number of aromatic nitrogens is 5. The van der Waals surface area contributed by atoms with Gasteiger partial charge in [-0.3, -0.25) is 0 Å². The highest BCUT2D eigenvalue weighted by molar-refractivity contribution is 6.13. The first-order valence-corrected chi connectivity index (χ1v) is 26.1. The van der Waals surface area contributed by atoms with Gasteiger partial charge in [0.2, 0.25) is 0 Å². The Hall–Kier alpha value is -9.72. The average molecular weight is 980 g/mol. The molecule has 0 fully saturated rings. The number of hydrogen-bond donors (Lipinski definition) is 0. The van der Waals surface area contributed by atoms with Gasteiger partial charge in [0.1, 0.15) is 0 Å². The number of aryl methyl sites for hydroxylation is 4. The first kappa shape index (κ1) is 43.8. The summed E-state index contributed by atoms with van der Waals surface area (Å²) in [5, 5.41) is 10.1. The van der Waals surface area contributed by atoms with Crippen LogP contribution in [0.3, 0.4) is 0 Å². The SMILES string of the molecule is Cn1c(-c2ccc(N(c3ccc4c5ccccc5n(C)c4c3)c3ccc4c5ccccc5n(C)c4c3)cc2)ccc1-c1ccc(N(c2ccc3c4ccccc4n(C)c3c2)c2ccc3c4ccccc4n(C)c3c2)cc1. The number of nitrogens with zero attached hydrogens (tertiary/aromatic N) is 7. The minimum atomic E-state index is 1.09. The summed E-state index contributed by atoms with van der Waals surface area (Å²) in [6.07, 6.45) is 0. The summed E-state index contributed by atoms with van der Waals surface area (Å²) in [5.41, 5.74) is 20.9. The van der Waals surface area contributed by atoms with Crippen LogP contribution in [-0.4, -0.2) is 22.8 Å². The molecule has 76 heavy (non-hydrogen) atoms. The van der Waals surface area contributed by atoms with Crippen LogP contribution < -0.4 is 9.80 Å². The van der Waals surface area contributed by atoms with Crippen molar-refractivity contribution < 1.29 is 0 Å². The van der Waals surface area contributed by atoms with Crippen molar-refractivity contribution in [3.8, 4) is 22.5 Å². The molecule has 0 spiro atoms. The largest absolute Gasteiger partial charge is 0.344 e. The van der Waals surface area contributed by atoms with E-state index in [0.29, 0.717) is 0 Å². The molecule has 15 rings (SSSR count). The highest BCUT2D eigenvalue weighted by Crippen LogP contribution is 2.44. The van der Waals surface area contributed by atoms with Crippen molar-refractivity contribution >= 4 is 121 Å². The topological polar surface area (TPSA) is 31.1 Å². The van der Waals surface area contributed by atoms with E-state index in [1.54, 1.807) is 0 Å². The van der Waals surface area contributed by atoms with Crippen molar-refractivity contribution in [2.75, 3.05) is 9.80 Å². The molecular formula is C69H53N7. The summed E-state index contributed by atoms with van der Waals surface area (Å²) in [6.45, 7) is 0.